The molecular formula is C28H40N9O11P. The van der Waals surface area contributed by atoms with Crippen molar-refractivity contribution in [3.63, 3.8) is 0 Å². The van der Waals surface area contributed by atoms with Crippen LogP contribution in [-0.4, -0.2) is 94.5 Å². The number of imidazole rings is 1. The molecule has 1 unspecified atom stereocenters. The number of anilines is 1. The summed E-state index contributed by atoms with van der Waals surface area (Å²) in [5.74, 6) is -0.739. The quantitative estimate of drug-likeness (QED) is 0.121. The van der Waals surface area contributed by atoms with Crippen LogP contribution in [0.25, 0.3) is 11.2 Å². The number of carbonyl (C=O) groups is 2. The number of aliphatic hydroxyl groups excluding tert-OH is 1. The van der Waals surface area contributed by atoms with Crippen molar-refractivity contribution < 1.29 is 42.7 Å². The molecule has 0 bridgehead atoms. The molecule has 2 aliphatic heterocycles. The van der Waals surface area contributed by atoms with Crippen LogP contribution >= 0.6 is 7.82 Å². The molecule has 0 aliphatic carbocycles. The number of nitrogens with one attached hydrogen (secondary N) is 3. The molecule has 7 N–H and O–H groups in total. The predicted molar refractivity (Wildman–Crippen MR) is 170 cm³/mol. The van der Waals surface area contributed by atoms with Gasteiger partial charge in [0.25, 0.3) is 5.56 Å². The van der Waals surface area contributed by atoms with Gasteiger partial charge in [0, 0.05) is 31.5 Å². The van der Waals surface area contributed by atoms with Gasteiger partial charge in [-0.2, -0.15) is 0 Å². The summed E-state index contributed by atoms with van der Waals surface area (Å²) in [6, 6.07) is -1.75. The number of ether oxygens (including phenoxy) is 2. The van der Waals surface area contributed by atoms with E-state index in [1.165, 1.54) is 37.3 Å². The smallest absolute Gasteiger partial charge is 0.394 e. The number of phosphoric acid groups is 1. The number of nitrogen functional groups attached to an aromatic ring is 1. The van der Waals surface area contributed by atoms with Gasteiger partial charge in [0.2, 0.25) is 11.8 Å². The number of hydrogen-bond donors (Lipinski definition) is 6. The Bertz CT molecular complexity index is 1850. The van der Waals surface area contributed by atoms with Gasteiger partial charge >= 0.3 is 13.5 Å². The van der Waals surface area contributed by atoms with Gasteiger partial charge < -0.3 is 35.8 Å². The molecule has 0 saturated carbocycles. The minimum Gasteiger partial charge on any atom is -0.394 e. The van der Waals surface area contributed by atoms with Crippen LogP contribution in [-0.2, 0) is 32.7 Å². The number of hydrogen-bond acceptors (Lipinski definition) is 14. The second-order valence-electron chi connectivity index (χ2n) is 12.4. The molecule has 8 atom stereocenters. The first kappa shape index (κ1) is 36.2. The molecule has 20 nitrogen and oxygen atoms in total. The van der Waals surface area contributed by atoms with Crippen molar-refractivity contribution in [1.82, 2.24) is 39.7 Å². The molecule has 49 heavy (non-hydrogen) atoms. The van der Waals surface area contributed by atoms with Crippen LogP contribution in [0.1, 0.15) is 58.1 Å². The third kappa shape index (κ3) is 8.41. The van der Waals surface area contributed by atoms with Crippen molar-refractivity contribution >= 4 is 36.6 Å². The molecule has 2 fully saturated rings. The van der Waals surface area contributed by atoms with Crippen LogP contribution in [0.15, 0.2) is 28.4 Å². The summed E-state index contributed by atoms with van der Waals surface area (Å²) in [7, 11) is -4.86. The zero-order chi connectivity index (χ0) is 35.6. The number of nitrogens with zero attached hydrogens (tertiary/aromatic N) is 5. The summed E-state index contributed by atoms with van der Waals surface area (Å²) in [5.41, 5.74) is 5.44. The maximum atomic E-state index is 13.3. The Balaban J connectivity index is 1.30. The lowest BCUT2D eigenvalue weighted by atomic mass is 10.0. The third-order valence-corrected chi connectivity index (χ3v) is 9.16. The highest BCUT2D eigenvalue weighted by molar-refractivity contribution is 7.47. The summed E-state index contributed by atoms with van der Waals surface area (Å²) < 4.78 is 38.6. The Hall–Kier alpha value is -4.04. The number of aliphatic hydroxyl groups is 1. The molecule has 5 heterocycles. The third-order valence-electron chi connectivity index (χ3n) is 8.15. The first-order valence-electron chi connectivity index (χ1n) is 15.6. The molecule has 0 spiro atoms. The Morgan fingerprint density at radius 1 is 1.16 bits per heavy atom. The topological polar surface area (TPSA) is 277 Å². The normalized spacial score (nSPS) is 25.8. The fourth-order valence-electron chi connectivity index (χ4n) is 5.84. The zero-order valence-electron chi connectivity index (χ0n) is 27.2. The molecule has 2 saturated heterocycles. The van der Waals surface area contributed by atoms with Gasteiger partial charge in [-0.3, -0.25) is 37.5 Å². The Morgan fingerprint density at radius 2 is 1.88 bits per heavy atom. The van der Waals surface area contributed by atoms with Gasteiger partial charge in [-0.1, -0.05) is 13.8 Å². The number of aryl methyl sites for hydroxylation is 1. The fraction of sp³-hybridized carbons (Fsp3) is 0.607. The lowest BCUT2D eigenvalue weighted by molar-refractivity contribution is -0.129. The molecule has 2 amide bonds. The Kier molecular flexibility index (Phi) is 11.0. The first-order chi connectivity index (χ1) is 23.1. The predicted octanol–water partition coefficient (Wildman–Crippen LogP) is -0.628. The fourth-order valence-corrected chi connectivity index (χ4v) is 6.80. The minimum absolute atomic E-state index is 0.00402. The Labute approximate surface area is 278 Å². The van der Waals surface area contributed by atoms with Crippen LogP contribution < -0.4 is 27.6 Å². The molecule has 0 aromatic carbocycles. The van der Waals surface area contributed by atoms with Crippen LogP contribution in [0.5, 0.6) is 0 Å². The second-order valence-corrected chi connectivity index (χ2v) is 13.8. The number of phosphoric ester groups is 1. The zero-order valence-corrected chi connectivity index (χ0v) is 28.1. The Morgan fingerprint density at radius 3 is 2.57 bits per heavy atom. The highest BCUT2D eigenvalue weighted by Gasteiger charge is 2.44. The molecule has 21 heteroatoms. The second kappa shape index (κ2) is 14.8. The highest BCUT2D eigenvalue weighted by Crippen LogP contribution is 2.49. The lowest BCUT2D eigenvalue weighted by Crippen LogP contribution is -2.52. The molecule has 5 rings (SSSR count). The number of rotatable bonds is 13. The van der Waals surface area contributed by atoms with E-state index in [1.54, 1.807) is 0 Å². The number of aromatic amines is 1. The van der Waals surface area contributed by atoms with E-state index in [0.29, 0.717) is 17.6 Å². The van der Waals surface area contributed by atoms with E-state index in [0.717, 1.165) is 4.57 Å². The SMILES string of the molecule is CC(=O)N[C@@H](CC(C)C)C(=O)N[C@H]1C[C@H](n2cc(C)c(=O)[nH]c2=O)O[C@@H]1COP(=O)(O)O[C@H]1C[C@H](n2cnc3c(N)ncnc32)O[C@@H]1CO. The number of fused-ring (bicyclic) bond motifs is 1. The summed E-state index contributed by atoms with van der Waals surface area (Å²) in [5, 5.41) is 15.4. The van der Waals surface area contributed by atoms with Crippen molar-refractivity contribution in [2.24, 2.45) is 5.92 Å². The van der Waals surface area contributed by atoms with Crippen LogP contribution in [0.2, 0.25) is 0 Å². The number of H-pyrrole nitrogens is 1. The van der Waals surface area contributed by atoms with E-state index >= 15 is 0 Å². The number of carbonyl (C=O) groups excluding carboxylic acids is 2. The monoisotopic (exact) mass is 709 g/mol. The van der Waals surface area contributed by atoms with Crippen molar-refractivity contribution in [3.8, 4) is 0 Å². The van der Waals surface area contributed by atoms with Gasteiger partial charge in [0.1, 0.15) is 48.7 Å². The number of nitrogens with two attached hydrogens (primary N) is 1. The van der Waals surface area contributed by atoms with Crippen LogP contribution in [0.4, 0.5) is 5.82 Å². The molecule has 0 radical (unpaired) electrons. The van der Waals surface area contributed by atoms with E-state index in [2.05, 4.69) is 30.6 Å². The van der Waals surface area contributed by atoms with Crippen molar-refractivity contribution in [3.05, 3.63) is 45.3 Å². The average molecular weight is 710 g/mol. The standard InChI is InChI=1S/C28H40N9O11P/c1-13(2)5-17(33-15(4)39)27(41)34-16-6-21(36-8-14(3)26(40)35-28(36)42)47-20(16)10-45-49(43,44)48-18-7-22(46-19(18)9-38)37-12-32-23-24(29)30-11-31-25(23)37/h8,11-13,16-22,38H,5-7,9-10H2,1-4H3,(H,33,39)(H,34,41)(H,43,44)(H2,29,30,31)(H,35,40,42)/t16-,17-,18-,19+,20+,21+,22+/m0/s1. The number of aromatic nitrogens is 6. The molecule has 268 valence electrons. The molecular weight excluding hydrogens is 669 g/mol. The largest absolute Gasteiger partial charge is 0.472 e. The van der Waals surface area contributed by atoms with E-state index in [4.69, 9.17) is 24.3 Å². The summed E-state index contributed by atoms with van der Waals surface area (Å²) in [6.45, 7) is 5.44. The van der Waals surface area contributed by atoms with E-state index in [1.807, 2.05) is 13.8 Å². The van der Waals surface area contributed by atoms with Gasteiger partial charge in [0.05, 0.1) is 25.6 Å². The highest BCUT2D eigenvalue weighted by atomic mass is 31.2. The molecule has 3 aromatic rings. The van der Waals surface area contributed by atoms with Gasteiger partial charge in [0.15, 0.2) is 11.5 Å². The summed E-state index contributed by atoms with van der Waals surface area (Å²) >= 11 is 0. The van der Waals surface area contributed by atoms with E-state index < -0.39 is 87.0 Å². The minimum atomic E-state index is -4.86. The van der Waals surface area contributed by atoms with E-state index in [-0.39, 0.29) is 30.1 Å². The maximum absolute atomic E-state index is 13.3. The molecule has 3 aromatic heterocycles. The molecule has 2 aliphatic rings. The van der Waals surface area contributed by atoms with E-state index in [9.17, 15) is 33.7 Å². The van der Waals surface area contributed by atoms with Gasteiger partial charge in [-0.25, -0.2) is 24.3 Å². The van der Waals surface area contributed by atoms with Gasteiger partial charge in [-0.15, -0.1) is 0 Å². The van der Waals surface area contributed by atoms with Crippen molar-refractivity contribution in [2.75, 3.05) is 18.9 Å². The average Bonchev–Trinajstić information content (AvgIpc) is 3.74. The number of amides is 2. The van der Waals surface area contributed by atoms with Crippen molar-refractivity contribution in [1.29, 1.82) is 0 Å². The summed E-state index contributed by atoms with van der Waals surface area (Å²) in [6.07, 6.45) is -0.688. The lowest BCUT2D eigenvalue weighted by Gasteiger charge is -2.25. The van der Waals surface area contributed by atoms with Crippen molar-refractivity contribution in [2.45, 2.75) is 89.8 Å². The summed E-state index contributed by atoms with van der Waals surface area (Å²) in [4.78, 5) is 75.0. The first-order valence-corrected chi connectivity index (χ1v) is 17.0. The maximum Gasteiger partial charge on any atom is 0.472 e. The van der Waals surface area contributed by atoms with Crippen LogP contribution in [0, 0.1) is 12.8 Å². The van der Waals surface area contributed by atoms with Crippen LogP contribution in [0.3, 0.4) is 0 Å². The van der Waals surface area contributed by atoms with Gasteiger partial charge in [-0.05, 0) is 19.3 Å².